The molecule has 3 nitrogen and oxygen atoms in total. The number of rotatable bonds is 0. The van der Waals surface area contributed by atoms with Gasteiger partial charge in [-0.15, -0.1) is 0 Å². The van der Waals surface area contributed by atoms with Crippen LogP contribution < -0.4 is 0 Å². The summed E-state index contributed by atoms with van der Waals surface area (Å²) in [5.74, 6) is 3.21. The van der Waals surface area contributed by atoms with E-state index in [0.717, 1.165) is 44.4 Å². The van der Waals surface area contributed by atoms with Gasteiger partial charge in [-0.3, -0.25) is 0 Å². The van der Waals surface area contributed by atoms with Gasteiger partial charge in [0.1, 0.15) is 0 Å². The van der Waals surface area contributed by atoms with Crippen LogP contribution in [0.15, 0.2) is 0 Å². The second-order valence-corrected chi connectivity index (χ2v) is 10.6. The summed E-state index contributed by atoms with van der Waals surface area (Å²) in [6.07, 6.45) is 8.73. The molecule has 136 valence electrons. The first-order valence-electron chi connectivity index (χ1n) is 10.4. The van der Waals surface area contributed by atoms with Gasteiger partial charge >= 0.3 is 0 Å². The summed E-state index contributed by atoms with van der Waals surface area (Å²) in [5, 5.41) is 32.5. The molecular weight excluding hydrogens is 300 g/mol. The maximum absolute atomic E-state index is 11.4. The van der Waals surface area contributed by atoms with Crippen LogP contribution in [0.3, 0.4) is 0 Å². The third-order valence-electron chi connectivity index (χ3n) is 10.0. The Morgan fingerprint density at radius 3 is 2.25 bits per heavy atom. The molecule has 0 heterocycles. The molecule has 10 atom stereocenters. The minimum absolute atomic E-state index is 0.0384. The Labute approximate surface area is 145 Å². The van der Waals surface area contributed by atoms with Crippen molar-refractivity contribution in [3.63, 3.8) is 0 Å². The van der Waals surface area contributed by atoms with Gasteiger partial charge in [-0.2, -0.15) is 0 Å². The minimum atomic E-state index is -0.671. The van der Waals surface area contributed by atoms with Gasteiger partial charge in [0, 0.05) is 6.42 Å². The maximum Gasteiger partial charge on any atom is 0.0728 e. The van der Waals surface area contributed by atoms with Crippen molar-refractivity contribution >= 4 is 0 Å². The van der Waals surface area contributed by atoms with E-state index in [2.05, 4.69) is 13.8 Å². The van der Waals surface area contributed by atoms with Gasteiger partial charge in [0.15, 0.2) is 0 Å². The fraction of sp³-hybridized carbons (Fsp3) is 1.00. The highest BCUT2D eigenvalue weighted by Gasteiger charge is 2.69. The lowest BCUT2D eigenvalue weighted by molar-refractivity contribution is -0.223. The molecule has 0 radical (unpaired) electrons. The first-order chi connectivity index (χ1) is 11.3. The van der Waals surface area contributed by atoms with Crippen LogP contribution in [0.5, 0.6) is 0 Å². The van der Waals surface area contributed by atoms with Gasteiger partial charge in [0.2, 0.25) is 0 Å². The number of aliphatic hydroxyl groups excluding tert-OH is 2. The highest BCUT2D eigenvalue weighted by atomic mass is 16.3. The molecule has 0 bridgehead atoms. The van der Waals surface area contributed by atoms with Crippen molar-refractivity contribution < 1.29 is 15.3 Å². The van der Waals surface area contributed by atoms with Crippen LogP contribution in [-0.4, -0.2) is 33.1 Å². The van der Waals surface area contributed by atoms with Crippen molar-refractivity contribution in [2.75, 3.05) is 0 Å². The second-order valence-electron chi connectivity index (χ2n) is 10.6. The van der Waals surface area contributed by atoms with Crippen LogP contribution in [0.2, 0.25) is 0 Å². The van der Waals surface area contributed by atoms with Crippen LogP contribution in [0.1, 0.15) is 71.6 Å². The average Bonchev–Trinajstić information content (AvgIpc) is 2.64. The van der Waals surface area contributed by atoms with Gasteiger partial charge < -0.3 is 15.3 Å². The molecular formula is C21H34O3. The Morgan fingerprint density at radius 1 is 0.792 bits per heavy atom. The lowest BCUT2D eigenvalue weighted by Crippen LogP contribution is -2.63. The molecule has 3 N–H and O–H groups in total. The molecule has 5 fully saturated rings. The topological polar surface area (TPSA) is 60.7 Å². The van der Waals surface area contributed by atoms with E-state index in [1.54, 1.807) is 0 Å². The standard InChI is InChI=1S/C21H34O3/c1-19-8-7-16-15(17(19)13-3-4-14(13)18(19)23)6-10-21(24)11-12(22)5-9-20(16,21)2/h12-18,22-24H,3-11H2,1-2H3/t12-,13+,14-,15+,16-,17-,18-,19-,20+,21-/m0/s1. The SMILES string of the molecule is C[C@]12CC[C@H]3[C@@H](CC[C@]4(O)C[C@@H](O)CC[C@]34C)[C@@H]1[C@@H]1CC[C@@H]1[C@@H]2O. The van der Waals surface area contributed by atoms with Crippen LogP contribution in [0, 0.1) is 40.4 Å². The van der Waals surface area contributed by atoms with Gasteiger partial charge in [-0.25, -0.2) is 0 Å². The van der Waals surface area contributed by atoms with Crippen LogP contribution in [-0.2, 0) is 0 Å². The first-order valence-corrected chi connectivity index (χ1v) is 10.4. The average molecular weight is 335 g/mol. The summed E-state index contributed by atoms with van der Waals surface area (Å²) < 4.78 is 0. The zero-order valence-corrected chi connectivity index (χ0v) is 15.2. The normalized spacial score (nSPS) is 65.1. The lowest BCUT2D eigenvalue weighted by atomic mass is 9.42. The number of aliphatic hydroxyl groups is 3. The quantitative estimate of drug-likeness (QED) is 0.638. The Bertz CT molecular complexity index is 549. The molecule has 0 aromatic carbocycles. The highest BCUT2D eigenvalue weighted by molar-refractivity contribution is 5.18. The van der Waals surface area contributed by atoms with Crippen molar-refractivity contribution in [1.82, 2.24) is 0 Å². The molecule has 5 aliphatic rings. The molecule has 0 unspecified atom stereocenters. The van der Waals surface area contributed by atoms with Gasteiger partial charge in [-0.1, -0.05) is 13.8 Å². The fourth-order valence-corrected chi connectivity index (χ4v) is 8.54. The summed E-state index contributed by atoms with van der Waals surface area (Å²) in [5.41, 5.74) is -0.591. The monoisotopic (exact) mass is 334 g/mol. The van der Waals surface area contributed by atoms with E-state index in [0.29, 0.717) is 30.1 Å². The largest absolute Gasteiger partial charge is 0.393 e. The van der Waals surface area contributed by atoms with Gasteiger partial charge in [-0.05, 0) is 91.8 Å². The molecule has 0 saturated heterocycles. The zero-order chi connectivity index (χ0) is 16.9. The smallest absolute Gasteiger partial charge is 0.0728 e. The first kappa shape index (κ1) is 16.1. The van der Waals surface area contributed by atoms with E-state index in [9.17, 15) is 15.3 Å². The molecule has 5 saturated carbocycles. The lowest BCUT2D eigenvalue weighted by Gasteiger charge is -2.64. The number of fused-ring (bicyclic) bond motifs is 7. The number of hydrogen-bond donors (Lipinski definition) is 3. The maximum atomic E-state index is 11.4. The van der Waals surface area contributed by atoms with Crippen molar-refractivity contribution in [3.8, 4) is 0 Å². The molecule has 5 aliphatic carbocycles. The third-order valence-corrected chi connectivity index (χ3v) is 10.0. The van der Waals surface area contributed by atoms with Gasteiger partial charge in [0.25, 0.3) is 0 Å². The molecule has 5 rings (SSSR count). The van der Waals surface area contributed by atoms with E-state index >= 15 is 0 Å². The molecule has 0 spiro atoms. The third kappa shape index (κ3) is 1.70. The van der Waals surface area contributed by atoms with Crippen molar-refractivity contribution in [3.05, 3.63) is 0 Å². The molecule has 0 aliphatic heterocycles. The summed E-state index contributed by atoms with van der Waals surface area (Å²) in [7, 11) is 0. The highest BCUT2D eigenvalue weighted by Crippen LogP contribution is 2.71. The van der Waals surface area contributed by atoms with Crippen LogP contribution >= 0.6 is 0 Å². The van der Waals surface area contributed by atoms with Crippen LogP contribution in [0.25, 0.3) is 0 Å². The van der Waals surface area contributed by atoms with E-state index < -0.39 is 5.60 Å². The molecule has 0 aromatic rings. The predicted octanol–water partition coefficient (Wildman–Crippen LogP) is 3.11. The number of hydrogen-bond acceptors (Lipinski definition) is 3. The summed E-state index contributed by atoms with van der Waals surface area (Å²) in [6.45, 7) is 4.69. The van der Waals surface area contributed by atoms with E-state index in [4.69, 9.17) is 0 Å². The van der Waals surface area contributed by atoms with E-state index in [1.165, 1.54) is 12.8 Å². The van der Waals surface area contributed by atoms with Crippen LogP contribution in [0.4, 0.5) is 0 Å². The summed E-state index contributed by atoms with van der Waals surface area (Å²) in [6, 6.07) is 0. The Balaban J connectivity index is 1.51. The fourth-order valence-electron chi connectivity index (χ4n) is 8.54. The van der Waals surface area contributed by atoms with E-state index in [1.807, 2.05) is 0 Å². The predicted molar refractivity (Wildman–Crippen MR) is 92.2 cm³/mol. The Morgan fingerprint density at radius 2 is 1.54 bits per heavy atom. The Hall–Kier alpha value is -0.120. The molecule has 3 heteroatoms. The summed E-state index contributed by atoms with van der Waals surface area (Å²) >= 11 is 0. The van der Waals surface area contributed by atoms with Crippen molar-refractivity contribution in [2.45, 2.75) is 89.4 Å². The van der Waals surface area contributed by atoms with Crippen molar-refractivity contribution in [1.29, 1.82) is 0 Å². The minimum Gasteiger partial charge on any atom is -0.393 e. The molecule has 0 aromatic heterocycles. The summed E-state index contributed by atoms with van der Waals surface area (Å²) in [4.78, 5) is 0. The Kier molecular flexibility index (Phi) is 3.20. The van der Waals surface area contributed by atoms with E-state index in [-0.39, 0.29) is 23.0 Å². The molecule has 0 amide bonds. The van der Waals surface area contributed by atoms with Crippen molar-refractivity contribution in [2.24, 2.45) is 40.4 Å². The second kappa shape index (κ2) is 4.78. The zero-order valence-electron chi connectivity index (χ0n) is 15.2. The van der Waals surface area contributed by atoms with Gasteiger partial charge in [0.05, 0.1) is 17.8 Å². The molecule has 24 heavy (non-hydrogen) atoms.